The molecule has 1 saturated heterocycles. The molecular weight excluding hydrogens is 450 g/mol. The van der Waals surface area contributed by atoms with E-state index in [9.17, 15) is 22.4 Å². The Balaban J connectivity index is 1.30. The van der Waals surface area contributed by atoms with Gasteiger partial charge < -0.3 is 9.64 Å². The number of carbonyl (C=O) groups excluding carboxylic acids is 1. The molecule has 176 valence electrons. The second-order valence-electron chi connectivity index (χ2n) is 9.93. The van der Waals surface area contributed by atoms with Crippen LogP contribution in [-0.4, -0.2) is 39.6 Å². The van der Waals surface area contributed by atoms with Crippen LogP contribution in [-0.2, 0) is 4.79 Å². The largest absolute Gasteiger partial charge is 0.487 e. The van der Waals surface area contributed by atoms with Crippen LogP contribution in [0.3, 0.4) is 0 Å². The molecule has 6 rings (SSSR count). The minimum absolute atomic E-state index is 0.0213. The van der Waals surface area contributed by atoms with Gasteiger partial charge >= 0.3 is 6.18 Å². The molecule has 5 nitrogen and oxygen atoms in total. The van der Waals surface area contributed by atoms with E-state index in [4.69, 9.17) is 4.74 Å². The number of ether oxygens (including phenoxy) is 1. The molecule has 4 heterocycles. The van der Waals surface area contributed by atoms with Crippen LogP contribution in [0.2, 0.25) is 0 Å². The summed E-state index contributed by atoms with van der Waals surface area (Å²) < 4.78 is 60.8. The van der Waals surface area contributed by atoms with Crippen LogP contribution in [0.1, 0.15) is 61.3 Å². The fourth-order valence-corrected chi connectivity index (χ4v) is 6.30. The molecule has 4 bridgehead atoms. The number of rotatable bonds is 1. The zero-order chi connectivity index (χ0) is 23.7. The fourth-order valence-electron chi connectivity index (χ4n) is 6.30. The second kappa shape index (κ2) is 7.17. The highest BCUT2D eigenvalue weighted by atomic mass is 19.4. The molecule has 2 aliphatic heterocycles. The number of pyridine rings is 2. The van der Waals surface area contributed by atoms with Crippen LogP contribution in [0.15, 0.2) is 30.9 Å². The Morgan fingerprint density at radius 2 is 1.85 bits per heavy atom. The number of hydrogen-bond donors (Lipinski definition) is 0. The quantitative estimate of drug-likeness (QED) is 0.452. The van der Waals surface area contributed by atoms with Crippen molar-refractivity contribution in [1.29, 1.82) is 0 Å². The Kier molecular flexibility index (Phi) is 4.51. The van der Waals surface area contributed by atoms with Crippen LogP contribution in [0.25, 0.3) is 0 Å². The number of hydrogen-bond acceptors (Lipinski definition) is 4. The van der Waals surface area contributed by atoms with E-state index in [1.165, 1.54) is 12.3 Å². The van der Waals surface area contributed by atoms with E-state index < -0.39 is 22.8 Å². The molecule has 2 atom stereocenters. The van der Waals surface area contributed by atoms with Gasteiger partial charge in [0.1, 0.15) is 17.7 Å². The summed E-state index contributed by atoms with van der Waals surface area (Å²) in [6.45, 7) is 0.333. The van der Waals surface area contributed by atoms with Gasteiger partial charge in [0.2, 0.25) is 5.91 Å². The smallest absolute Gasteiger partial charge is 0.394 e. The zero-order valence-electron chi connectivity index (χ0n) is 18.2. The van der Waals surface area contributed by atoms with E-state index in [0.717, 1.165) is 6.20 Å². The lowest BCUT2D eigenvalue weighted by molar-refractivity contribution is -0.220. The van der Waals surface area contributed by atoms with Crippen molar-refractivity contribution in [2.45, 2.75) is 56.8 Å². The molecule has 0 spiro atoms. The number of nitrogens with zero attached hydrogens (tertiary/aromatic N) is 3. The van der Waals surface area contributed by atoms with Crippen molar-refractivity contribution in [3.8, 4) is 17.6 Å². The average Bonchev–Trinajstić information content (AvgIpc) is 3.49. The molecule has 0 radical (unpaired) electrons. The summed E-state index contributed by atoms with van der Waals surface area (Å²) in [7, 11) is 0. The third-order valence-electron chi connectivity index (χ3n) is 8.03. The Bertz CT molecular complexity index is 1240. The van der Waals surface area contributed by atoms with E-state index in [2.05, 4.69) is 21.8 Å². The van der Waals surface area contributed by atoms with Crippen molar-refractivity contribution in [3.05, 3.63) is 53.4 Å². The first-order chi connectivity index (χ1) is 16.2. The highest BCUT2D eigenvalue weighted by Crippen LogP contribution is 2.68. The number of carbonyl (C=O) groups is 1. The van der Waals surface area contributed by atoms with Crippen molar-refractivity contribution in [1.82, 2.24) is 14.9 Å². The van der Waals surface area contributed by atoms with Crippen LogP contribution in [0, 0.1) is 28.5 Å². The van der Waals surface area contributed by atoms with Gasteiger partial charge in [-0.2, -0.15) is 13.2 Å². The minimum atomic E-state index is -4.28. The average molecular weight is 471 g/mol. The number of halogens is 4. The van der Waals surface area contributed by atoms with E-state index >= 15 is 0 Å². The van der Waals surface area contributed by atoms with Crippen LogP contribution in [0.5, 0.6) is 5.75 Å². The molecule has 34 heavy (non-hydrogen) atoms. The maximum atomic E-state index is 13.7. The summed E-state index contributed by atoms with van der Waals surface area (Å²) in [5.74, 6) is 5.67. The van der Waals surface area contributed by atoms with Gasteiger partial charge in [-0.25, -0.2) is 4.39 Å². The molecule has 4 aliphatic rings. The lowest BCUT2D eigenvalue weighted by Gasteiger charge is -2.34. The number of alkyl halides is 3. The predicted octanol–water partition coefficient (Wildman–Crippen LogP) is 4.56. The van der Waals surface area contributed by atoms with Gasteiger partial charge in [-0.15, -0.1) is 0 Å². The van der Waals surface area contributed by atoms with Crippen LogP contribution in [0.4, 0.5) is 17.6 Å². The van der Waals surface area contributed by atoms with Crippen molar-refractivity contribution < 1.29 is 27.1 Å². The fraction of sp³-hybridized carbons (Fsp3) is 0.480. The Morgan fingerprint density at radius 3 is 2.56 bits per heavy atom. The maximum Gasteiger partial charge on any atom is 0.394 e. The highest BCUT2D eigenvalue weighted by Gasteiger charge is 2.69. The number of likely N-dealkylation sites (tertiary alicyclic amines) is 1. The molecule has 0 aromatic carbocycles. The number of aromatic nitrogens is 2. The first-order valence-electron chi connectivity index (χ1n) is 11.3. The van der Waals surface area contributed by atoms with Gasteiger partial charge in [-0.1, -0.05) is 11.8 Å². The van der Waals surface area contributed by atoms with Gasteiger partial charge in [-0.3, -0.25) is 14.8 Å². The minimum Gasteiger partial charge on any atom is -0.487 e. The first kappa shape index (κ1) is 21.4. The monoisotopic (exact) mass is 471 g/mol. The number of amides is 1. The summed E-state index contributed by atoms with van der Waals surface area (Å²) in [6, 6.07) is 0.972. The summed E-state index contributed by atoms with van der Waals surface area (Å²) in [5.41, 5.74) is -1.03. The van der Waals surface area contributed by atoms with Crippen LogP contribution < -0.4 is 4.74 Å². The molecule has 1 amide bonds. The van der Waals surface area contributed by atoms with Gasteiger partial charge in [0.05, 0.1) is 35.2 Å². The standard InChI is InChI=1S/C25H21F4N3O2/c26-17-7-15(9-30-11-17)1-2-16-10-31-12-19-20-8-18(34-21(16)19)13-32(20)22(33)23-3-5-24(14-23,6-4-23)25(27,28)29/h7,9-12,18,20H,3-6,8,13-14H2/t18-,20-,23?,24?/m0/s1. The van der Waals surface area contributed by atoms with Gasteiger partial charge in [0.25, 0.3) is 0 Å². The zero-order valence-corrected chi connectivity index (χ0v) is 18.2. The lowest BCUT2D eigenvalue weighted by Crippen LogP contribution is -2.41. The highest BCUT2D eigenvalue weighted by molar-refractivity contribution is 5.85. The summed E-state index contributed by atoms with van der Waals surface area (Å²) in [4.78, 5) is 23.5. The lowest BCUT2D eigenvalue weighted by atomic mass is 9.81. The molecule has 3 fully saturated rings. The normalized spacial score (nSPS) is 31.0. The molecule has 9 heteroatoms. The Hall–Kier alpha value is -3.15. The van der Waals surface area contributed by atoms with Crippen molar-refractivity contribution in [2.75, 3.05) is 6.54 Å². The molecule has 0 N–H and O–H groups in total. The first-order valence-corrected chi connectivity index (χ1v) is 11.3. The predicted molar refractivity (Wildman–Crippen MR) is 112 cm³/mol. The third kappa shape index (κ3) is 3.11. The van der Waals surface area contributed by atoms with Crippen LogP contribution >= 0.6 is 0 Å². The van der Waals surface area contributed by atoms with E-state index in [-0.39, 0.29) is 50.2 Å². The van der Waals surface area contributed by atoms with Crippen molar-refractivity contribution in [3.63, 3.8) is 0 Å². The van der Waals surface area contributed by atoms with E-state index in [1.807, 2.05) is 0 Å². The van der Waals surface area contributed by atoms with Gasteiger partial charge in [0, 0.05) is 36.1 Å². The summed E-state index contributed by atoms with van der Waals surface area (Å²) in [6.07, 6.45) is 2.25. The maximum absolute atomic E-state index is 13.7. The number of fused-ring (bicyclic) bond motifs is 6. The van der Waals surface area contributed by atoms with E-state index in [0.29, 0.717) is 35.4 Å². The Morgan fingerprint density at radius 1 is 1.09 bits per heavy atom. The summed E-state index contributed by atoms with van der Waals surface area (Å²) >= 11 is 0. The Labute approximate surface area is 193 Å². The SMILES string of the molecule is O=C(N1C[C@@H]2C[C@H]1c1cncc(C#Cc3cncc(F)c3)c1O2)C12CCC(C(F)(F)F)(CC1)C2. The molecule has 0 unspecified atom stereocenters. The molecule has 2 aromatic heterocycles. The molecule has 2 aromatic rings. The van der Waals surface area contributed by atoms with Gasteiger partial charge in [0.15, 0.2) is 0 Å². The second-order valence-corrected chi connectivity index (χ2v) is 9.93. The van der Waals surface area contributed by atoms with Crippen molar-refractivity contribution >= 4 is 5.91 Å². The van der Waals surface area contributed by atoms with Gasteiger partial charge in [-0.05, 0) is 38.2 Å². The van der Waals surface area contributed by atoms with E-state index in [1.54, 1.807) is 17.3 Å². The van der Waals surface area contributed by atoms with Crippen molar-refractivity contribution in [2.24, 2.45) is 10.8 Å². The topological polar surface area (TPSA) is 55.3 Å². The molecule has 2 saturated carbocycles. The summed E-state index contributed by atoms with van der Waals surface area (Å²) in [5, 5.41) is 0. The third-order valence-corrected chi connectivity index (χ3v) is 8.03. The molecule has 2 aliphatic carbocycles. The molecular formula is C25H21F4N3O2.